The summed E-state index contributed by atoms with van der Waals surface area (Å²) in [5.74, 6) is 0.950. The maximum Gasteiger partial charge on any atom is 0.289 e. The third-order valence-corrected chi connectivity index (χ3v) is 6.50. The number of rotatable bonds is 7. The molecule has 0 bridgehead atoms. The second kappa shape index (κ2) is 10.5. The minimum Gasteiger partial charge on any atom is -0.507 e. The third-order valence-electron chi connectivity index (χ3n) is 6.50. The van der Waals surface area contributed by atoms with E-state index in [1.165, 1.54) is 5.56 Å². The lowest BCUT2D eigenvalue weighted by atomic mass is 9.98. The lowest BCUT2D eigenvalue weighted by Crippen LogP contribution is -2.43. The molecule has 186 valence electrons. The summed E-state index contributed by atoms with van der Waals surface area (Å²) in [7, 11) is 5.29. The minimum absolute atomic E-state index is 0.00930. The Kier molecular flexibility index (Phi) is 7.37. The highest BCUT2D eigenvalue weighted by Crippen LogP contribution is 2.38. The van der Waals surface area contributed by atoms with Crippen molar-refractivity contribution in [1.82, 2.24) is 29.9 Å². The van der Waals surface area contributed by atoms with E-state index in [4.69, 9.17) is 4.74 Å². The molecule has 4 rings (SSSR count). The average molecular weight is 479 g/mol. The van der Waals surface area contributed by atoms with Crippen LogP contribution in [0.2, 0.25) is 0 Å². The highest BCUT2D eigenvalue weighted by molar-refractivity contribution is 5.92. The van der Waals surface area contributed by atoms with Crippen LogP contribution in [0, 0.1) is 0 Å². The summed E-state index contributed by atoms with van der Waals surface area (Å²) in [4.78, 5) is 17.4. The quantitative estimate of drug-likeness (QED) is 0.539. The largest absolute Gasteiger partial charge is 0.507 e. The number of nitrogens with zero attached hydrogens (tertiary/aromatic N) is 5. The number of phenolic OH excluding ortho intramolecular Hbond substituents is 1. The standard InChI is InChI=1S/C26H34N6O3/c1-17(2)20-14-21(22(33)15-23(20)35-5)24-28-29-25(26(34)27-3)32(24)19-8-6-18(7-9-19)16-31-12-10-30(4)11-13-31/h6-9,14-15,17,33H,10-13,16H2,1-5H3,(H,27,34). The number of benzene rings is 2. The molecule has 2 N–H and O–H groups in total. The molecule has 3 aromatic rings. The number of aromatic nitrogens is 3. The van der Waals surface area contributed by atoms with Gasteiger partial charge in [-0.25, -0.2) is 0 Å². The molecule has 2 heterocycles. The fraction of sp³-hybridized carbons (Fsp3) is 0.423. The van der Waals surface area contributed by atoms with Crippen LogP contribution in [-0.4, -0.2) is 83.0 Å². The number of aromatic hydroxyl groups is 1. The molecular weight excluding hydrogens is 444 g/mol. The summed E-state index contributed by atoms with van der Waals surface area (Å²) in [6.45, 7) is 9.22. The molecule has 1 aliphatic heterocycles. The molecular formula is C26H34N6O3. The van der Waals surface area contributed by atoms with Gasteiger partial charge in [0.15, 0.2) is 5.82 Å². The maximum atomic E-state index is 12.6. The van der Waals surface area contributed by atoms with Crippen LogP contribution >= 0.6 is 0 Å². The van der Waals surface area contributed by atoms with E-state index in [2.05, 4.69) is 58.3 Å². The summed E-state index contributed by atoms with van der Waals surface area (Å²) in [5, 5.41) is 21.9. The number of carbonyl (C=O) groups excluding carboxylic acids is 1. The van der Waals surface area contributed by atoms with Crippen LogP contribution < -0.4 is 10.1 Å². The number of carbonyl (C=O) groups is 1. The van der Waals surface area contributed by atoms with E-state index in [9.17, 15) is 9.90 Å². The molecule has 1 amide bonds. The Hall–Kier alpha value is -3.43. The number of likely N-dealkylation sites (N-methyl/N-ethyl adjacent to an activating group) is 1. The minimum atomic E-state index is -0.359. The van der Waals surface area contributed by atoms with E-state index in [0.29, 0.717) is 17.1 Å². The Balaban J connectivity index is 1.73. The second-order valence-electron chi connectivity index (χ2n) is 9.27. The molecule has 9 nitrogen and oxygen atoms in total. The zero-order valence-corrected chi connectivity index (χ0v) is 21.1. The van der Waals surface area contributed by atoms with E-state index >= 15 is 0 Å². The summed E-state index contributed by atoms with van der Waals surface area (Å²) >= 11 is 0. The van der Waals surface area contributed by atoms with Crippen LogP contribution in [0.15, 0.2) is 36.4 Å². The number of hydrogen-bond acceptors (Lipinski definition) is 7. The molecule has 1 fully saturated rings. The monoisotopic (exact) mass is 478 g/mol. The molecule has 1 aliphatic rings. The van der Waals surface area contributed by atoms with E-state index < -0.39 is 0 Å². The number of hydrogen-bond donors (Lipinski definition) is 2. The Morgan fingerprint density at radius 2 is 1.80 bits per heavy atom. The maximum absolute atomic E-state index is 12.6. The van der Waals surface area contributed by atoms with Crippen molar-refractivity contribution in [3.05, 3.63) is 53.3 Å². The van der Waals surface area contributed by atoms with Gasteiger partial charge >= 0.3 is 0 Å². The molecule has 0 spiro atoms. The van der Waals surface area contributed by atoms with Crippen LogP contribution in [0.5, 0.6) is 11.5 Å². The molecule has 1 aromatic heterocycles. The predicted molar refractivity (Wildman–Crippen MR) is 135 cm³/mol. The molecule has 1 saturated heterocycles. The Labute approximate surface area is 206 Å². The van der Waals surface area contributed by atoms with Gasteiger partial charge in [0.05, 0.1) is 12.7 Å². The van der Waals surface area contributed by atoms with Crippen LogP contribution in [0.4, 0.5) is 0 Å². The van der Waals surface area contributed by atoms with Gasteiger partial charge in [0.1, 0.15) is 11.5 Å². The van der Waals surface area contributed by atoms with Crippen molar-refractivity contribution in [3.63, 3.8) is 0 Å². The first-order chi connectivity index (χ1) is 16.8. The zero-order chi connectivity index (χ0) is 25.1. The van der Waals surface area contributed by atoms with Gasteiger partial charge in [-0.05, 0) is 42.3 Å². The fourth-order valence-corrected chi connectivity index (χ4v) is 4.37. The topological polar surface area (TPSA) is 95.8 Å². The number of ether oxygens (including phenoxy) is 1. The van der Waals surface area contributed by atoms with Gasteiger partial charge in [0.2, 0.25) is 5.82 Å². The van der Waals surface area contributed by atoms with Crippen molar-refractivity contribution >= 4 is 5.91 Å². The molecule has 2 aromatic carbocycles. The van der Waals surface area contributed by atoms with E-state index in [0.717, 1.165) is 44.0 Å². The molecule has 9 heteroatoms. The Morgan fingerprint density at radius 1 is 1.11 bits per heavy atom. The smallest absolute Gasteiger partial charge is 0.289 e. The van der Waals surface area contributed by atoms with Gasteiger partial charge < -0.3 is 20.1 Å². The van der Waals surface area contributed by atoms with Crippen molar-refractivity contribution in [2.45, 2.75) is 26.3 Å². The number of phenols is 1. The molecule has 0 radical (unpaired) electrons. The zero-order valence-electron chi connectivity index (χ0n) is 21.1. The van der Waals surface area contributed by atoms with Crippen LogP contribution in [-0.2, 0) is 6.54 Å². The average Bonchev–Trinajstić information content (AvgIpc) is 3.29. The number of amides is 1. The molecule has 0 atom stereocenters. The first-order valence-electron chi connectivity index (χ1n) is 11.9. The summed E-state index contributed by atoms with van der Waals surface area (Å²) < 4.78 is 7.15. The van der Waals surface area contributed by atoms with Crippen LogP contribution in [0.1, 0.15) is 41.5 Å². The van der Waals surface area contributed by atoms with Crippen molar-refractivity contribution in [2.24, 2.45) is 0 Å². The normalized spacial score (nSPS) is 14.9. The fourth-order valence-electron chi connectivity index (χ4n) is 4.37. The van der Waals surface area contributed by atoms with E-state index in [1.54, 1.807) is 24.8 Å². The Bertz CT molecular complexity index is 1180. The SMILES string of the molecule is CNC(=O)c1nnc(-c2cc(C(C)C)c(OC)cc2O)n1-c1ccc(CN2CCN(C)CC2)cc1. The highest BCUT2D eigenvalue weighted by atomic mass is 16.5. The third kappa shape index (κ3) is 5.16. The van der Waals surface area contributed by atoms with Crippen LogP contribution in [0.25, 0.3) is 17.1 Å². The summed E-state index contributed by atoms with van der Waals surface area (Å²) in [6, 6.07) is 11.5. The van der Waals surface area contributed by atoms with Crippen molar-refractivity contribution < 1.29 is 14.6 Å². The molecule has 0 aliphatic carbocycles. The van der Waals surface area contributed by atoms with Crippen molar-refractivity contribution in [1.29, 1.82) is 0 Å². The molecule has 0 saturated carbocycles. The first kappa shape index (κ1) is 24.7. The van der Waals surface area contributed by atoms with Crippen molar-refractivity contribution in [2.75, 3.05) is 47.4 Å². The van der Waals surface area contributed by atoms with Gasteiger partial charge in [0, 0.05) is 51.5 Å². The first-order valence-corrected chi connectivity index (χ1v) is 11.9. The summed E-state index contributed by atoms with van der Waals surface area (Å²) in [5.41, 5.74) is 3.35. The lowest BCUT2D eigenvalue weighted by molar-refractivity contribution is 0.0951. The van der Waals surface area contributed by atoms with Crippen LogP contribution in [0.3, 0.4) is 0 Å². The summed E-state index contributed by atoms with van der Waals surface area (Å²) in [6.07, 6.45) is 0. The number of piperazine rings is 1. The van der Waals surface area contributed by atoms with Gasteiger partial charge in [-0.2, -0.15) is 0 Å². The van der Waals surface area contributed by atoms with Gasteiger partial charge in [-0.3, -0.25) is 14.3 Å². The predicted octanol–water partition coefficient (Wildman–Crippen LogP) is 2.88. The van der Waals surface area contributed by atoms with Gasteiger partial charge in [-0.1, -0.05) is 26.0 Å². The second-order valence-corrected chi connectivity index (χ2v) is 9.27. The van der Waals surface area contributed by atoms with E-state index in [-0.39, 0.29) is 23.4 Å². The number of nitrogens with one attached hydrogen (secondary N) is 1. The molecule has 0 unspecified atom stereocenters. The molecule has 35 heavy (non-hydrogen) atoms. The Morgan fingerprint density at radius 3 is 2.40 bits per heavy atom. The lowest BCUT2D eigenvalue weighted by Gasteiger charge is -2.32. The highest BCUT2D eigenvalue weighted by Gasteiger charge is 2.24. The van der Waals surface area contributed by atoms with Gasteiger partial charge in [-0.15, -0.1) is 10.2 Å². The van der Waals surface area contributed by atoms with Crippen molar-refractivity contribution in [3.8, 4) is 28.6 Å². The van der Waals surface area contributed by atoms with Gasteiger partial charge in [0.25, 0.3) is 5.91 Å². The van der Waals surface area contributed by atoms with E-state index in [1.807, 2.05) is 18.2 Å². The number of methoxy groups -OCH3 is 1.